The summed E-state index contributed by atoms with van der Waals surface area (Å²) in [5.41, 5.74) is 9.04. The van der Waals surface area contributed by atoms with E-state index >= 15 is 0 Å². The molecule has 0 amide bonds. The molecule has 1 aliphatic heterocycles. The third-order valence-electron chi connectivity index (χ3n) is 7.19. The van der Waals surface area contributed by atoms with E-state index < -0.39 is 0 Å². The first-order chi connectivity index (χ1) is 15.9. The molecule has 0 N–H and O–H groups in total. The van der Waals surface area contributed by atoms with Crippen molar-refractivity contribution in [1.82, 2.24) is 0 Å². The summed E-state index contributed by atoms with van der Waals surface area (Å²) in [6.45, 7) is 7.53. The quantitative estimate of drug-likeness (QED) is 0.277. The van der Waals surface area contributed by atoms with Crippen LogP contribution >= 0.6 is 0 Å². The van der Waals surface area contributed by atoms with Crippen LogP contribution in [-0.2, 0) is 12.5 Å². The highest BCUT2D eigenvalue weighted by Crippen LogP contribution is 2.44. The Bertz CT molecular complexity index is 1540. The number of para-hydroxylation sites is 1. The smallest absolute Gasteiger partial charge is 0.216 e. The van der Waals surface area contributed by atoms with E-state index in [9.17, 15) is 0 Å². The number of furan rings is 1. The van der Waals surface area contributed by atoms with E-state index in [1.165, 1.54) is 16.7 Å². The van der Waals surface area contributed by atoms with Crippen molar-refractivity contribution in [1.29, 1.82) is 0 Å². The minimum Gasteiger partial charge on any atom is -0.493 e. The van der Waals surface area contributed by atoms with Gasteiger partial charge in [0.25, 0.3) is 0 Å². The van der Waals surface area contributed by atoms with Gasteiger partial charge in [-0.25, -0.2) is 4.57 Å². The first kappa shape index (κ1) is 20.0. The van der Waals surface area contributed by atoms with Crippen LogP contribution in [0.4, 0.5) is 0 Å². The van der Waals surface area contributed by atoms with Crippen molar-refractivity contribution >= 4 is 21.9 Å². The molecular formula is C30H28NO2+. The fraction of sp³-hybridized carbons (Fsp3) is 0.233. The normalized spacial score (nSPS) is 14.9. The van der Waals surface area contributed by atoms with E-state index in [1.807, 2.05) is 0 Å². The van der Waals surface area contributed by atoms with Crippen LogP contribution < -0.4 is 9.30 Å². The minimum absolute atomic E-state index is 0.0949. The predicted octanol–water partition coefficient (Wildman–Crippen LogP) is 7.11. The predicted molar refractivity (Wildman–Crippen MR) is 134 cm³/mol. The molecule has 0 fully saturated rings. The standard InChI is InChI=1S/C30H28NO2/c1-19-11-13-23-22-9-7-8-21(20-12-14-26-24(18-20)30(2,3)15-17-32-26)28(22)33-29(23)27(19)25-10-5-6-16-31(25)4/h5-14,16,18H,15,17H2,1-4H3/q+1. The number of nitrogens with zero attached hydrogens (tertiary/aromatic N) is 1. The number of hydrogen-bond donors (Lipinski definition) is 0. The summed E-state index contributed by atoms with van der Waals surface area (Å²) in [4.78, 5) is 0. The second-order valence-corrected chi connectivity index (χ2v) is 9.81. The van der Waals surface area contributed by atoms with Gasteiger partial charge in [0.15, 0.2) is 6.20 Å². The van der Waals surface area contributed by atoms with Gasteiger partial charge in [-0.3, -0.25) is 0 Å². The van der Waals surface area contributed by atoms with Crippen molar-refractivity contribution in [2.24, 2.45) is 7.05 Å². The van der Waals surface area contributed by atoms with Crippen molar-refractivity contribution in [3.63, 3.8) is 0 Å². The Kier molecular flexibility index (Phi) is 4.38. The topological polar surface area (TPSA) is 26.2 Å². The number of pyridine rings is 1. The number of hydrogen-bond acceptors (Lipinski definition) is 2. The van der Waals surface area contributed by atoms with E-state index in [2.05, 4.69) is 105 Å². The summed E-state index contributed by atoms with van der Waals surface area (Å²) >= 11 is 0. The largest absolute Gasteiger partial charge is 0.493 e. The molecule has 3 heteroatoms. The lowest BCUT2D eigenvalue weighted by Crippen LogP contribution is -2.30. The SMILES string of the molecule is Cc1ccc2c(oc3c(-c4ccc5c(c4)C(C)(C)CCO5)cccc32)c1-c1cccc[n+]1C. The summed E-state index contributed by atoms with van der Waals surface area (Å²) in [5, 5.41) is 2.30. The third-order valence-corrected chi connectivity index (χ3v) is 7.19. The number of aryl methyl sites for hydroxylation is 2. The molecule has 3 nitrogen and oxygen atoms in total. The molecular weight excluding hydrogens is 406 g/mol. The number of fused-ring (bicyclic) bond motifs is 4. The number of benzene rings is 3. The molecule has 0 radical (unpaired) electrons. The van der Waals surface area contributed by atoms with Crippen LogP contribution in [-0.4, -0.2) is 6.61 Å². The zero-order chi connectivity index (χ0) is 22.7. The molecule has 5 aromatic rings. The van der Waals surface area contributed by atoms with E-state index in [-0.39, 0.29) is 5.41 Å². The summed E-state index contributed by atoms with van der Waals surface area (Å²) < 4.78 is 14.8. The van der Waals surface area contributed by atoms with Crippen molar-refractivity contribution in [3.05, 3.63) is 84.1 Å². The lowest BCUT2D eigenvalue weighted by atomic mass is 9.79. The van der Waals surface area contributed by atoms with Gasteiger partial charge in [-0.1, -0.05) is 50.2 Å². The molecule has 0 atom stereocenters. The third kappa shape index (κ3) is 3.06. The molecule has 0 unspecified atom stereocenters. The molecule has 0 spiro atoms. The maximum absolute atomic E-state index is 6.71. The Morgan fingerprint density at radius 2 is 1.73 bits per heavy atom. The maximum Gasteiger partial charge on any atom is 0.216 e. The summed E-state index contributed by atoms with van der Waals surface area (Å²) in [5.74, 6) is 1.00. The zero-order valence-electron chi connectivity index (χ0n) is 19.6. The monoisotopic (exact) mass is 434 g/mol. The van der Waals surface area contributed by atoms with Crippen molar-refractivity contribution in [3.8, 4) is 28.1 Å². The van der Waals surface area contributed by atoms with Gasteiger partial charge in [0.1, 0.15) is 24.0 Å². The fourth-order valence-electron chi connectivity index (χ4n) is 5.19. The van der Waals surface area contributed by atoms with Gasteiger partial charge in [0.2, 0.25) is 5.69 Å². The van der Waals surface area contributed by atoms with Gasteiger partial charge in [-0.15, -0.1) is 0 Å². The van der Waals surface area contributed by atoms with Gasteiger partial charge in [-0.05, 0) is 48.1 Å². The van der Waals surface area contributed by atoms with E-state index in [1.54, 1.807) is 0 Å². The molecule has 6 rings (SSSR count). The molecule has 0 saturated carbocycles. The average molecular weight is 435 g/mol. The van der Waals surface area contributed by atoms with Crippen LogP contribution in [0.2, 0.25) is 0 Å². The molecule has 0 aliphatic carbocycles. The minimum atomic E-state index is 0.0949. The second kappa shape index (κ2) is 7.21. The van der Waals surface area contributed by atoms with Crippen LogP contribution in [0.3, 0.4) is 0 Å². The first-order valence-electron chi connectivity index (χ1n) is 11.6. The van der Waals surface area contributed by atoms with Crippen LogP contribution in [0.25, 0.3) is 44.3 Å². The molecule has 3 heterocycles. The Hall–Kier alpha value is -3.59. The Morgan fingerprint density at radius 3 is 2.58 bits per heavy atom. The Labute approximate surface area is 194 Å². The van der Waals surface area contributed by atoms with Crippen LogP contribution in [0.15, 0.2) is 77.3 Å². The summed E-state index contributed by atoms with van der Waals surface area (Å²) in [6, 6.07) is 23.7. The lowest BCUT2D eigenvalue weighted by Gasteiger charge is -2.32. The Balaban J connectivity index is 1.62. The number of aromatic nitrogens is 1. The molecule has 3 aromatic carbocycles. The molecule has 0 saturated heterocycles. The summed E-state index contributed by atoms with van der Waals surface area (Å²) in [7, 11) is 2.08. The molecule has 33 heavy (non-hydrogen) atoms. The van der Waals surface area contributed by atoms with Gasteiger partial charge >= 0.3 is 0 Å². The van der Waals surface area contributed by atoms with E-state index in [4.69, 9.17) is 9.15 Å². The zero-order valence-corrected chi connectivity index (χ0v) is 19.6. The highest BCUT2D eigenvalue weighted by molar-refractivity contribution is 6.13. The van der Waals surface area contributed by atoms with Crippen LogP contribution in [0.5, 0.6) is 5.75 Å². The van der Waals surface area contributed by atoms with E-state index in [0.717, 1.165) is 57.5 Å². The molecule has 1 aliphatic rings. The van der Waals surface area contributed by atoms with Crippen molar-refractivity contribution in [2.75, 3.05) is 6.61 Å². The van der Waals surface area contributed by atoms with Gasteiger partial charge in [-0.2, -0.15) is 0 Å². The van der Waals surface area contributed by atoms with Gasteiger partial charge < -0.3 is 9.15 Å². The van der Waals surface area contributed by atoms with Crippen LogP contribution in [0, 0.1) is 6.92 Å². The second-order valence-electron chi connectivity index (χ2n) is 9.81. The van der Waals surface area contributed by atoms with Crippen LogP contribution in [0.1, 0.15) is 31.4 Å². The average Bonchev–Trinajstić information content (AvgIpc) is 3.18. The highest BCUT2D eigenvalue weighted by Gasteiger charge is 2.29. The van der Waals surface area contributed by atoms with E-state index in [0.29, 0.717) is 0 Å². The summed E-state index contributed by atoms with van der Waals surface area (Å²) in [6.07, 6.45) is 3.10. The first-order valence-corrected chi connectivity index (χ1v) is 11.6. The molecule has 164 valence electrons. The fourth-order valence-corrected chi connectivity index (χ4v) is 5.19. The highest BCUT2D eigenvalue weighted by atomic mass is 16.5. The molecule has 2 aromatic heterocycles. The molecule has 0 bridgehead atoms. The Morgan fingerprint density at radius 1 is 0.879 bits per heavy atom. The lowest BCUT2D eigenvalue weighted by molar-refractivity contribution is -0.660. The van der Waals surface area contributed by atoms with Crippen molar-refractivity contribution < 1.29 is 13.7 Å². The maximum atomic E-state index is 6.71. The van der Waals surface area contributed by atoms with Gasteiger partial charge in [0, 0.05) is 34.0 Å². The number of ether oxygens (including phenoxy) is 1. The van der Waals surface area contributed by atoms with Gasteiger partial charge in [0.05, 0.1) is 12.2 Å². The van der Waals surface area contributed by atoms with Crippen molar-refractivity contribution in [2.45, 2.75) is 32.6 Å². The number of rotatable bonds is 2.